The summed E-state index contributed by atoms with van der Waals surface area (Å²) < 4.78 is 78.2. The predicted molar refractivity (Wildman–Crippen MR) is 69.3 cm³/mol. The van der Waals surface area contributed by atoms with Crippen molar-refractivity contribution >= 4 is 0 Å². The van der Waals surface area contributed by atoms with Gasteiger partial charge in [-0.05, 0) is 24.1 Å². The number of rotatable bonds is 2. The third-order valence-electron chi connectivity index (χ3n) is 3.89. The van der Waals surface area contributed by atoms with Crippen LogP contribution in [-0.4, -0.2) is 24.8 Å². The molecule has 1 aliphatic rings. The summed E-state index contributed by atoms with van der Waals surface area (Å²) in [6.45, 7) is -0.0501. The van der Waals surface area contributed by atoms with Gasteiger partial charge in [-0.25, -0.2) is 0 Å². The molecule has 126 valence electrons. The third-order valence-corrected chi connectivity index (χ3v) is 3.89. The normalized spacial score (nSPS) is 25.4. The van der Waals surface area contributed by atoms with Gasteiger partial charge >= 0.3 is 12.4 Å². The molecule has 0 bridgehead atoms. The second-order valence-corrected chi connectivity index (χ2v) is 5.38. The summed E-state index contributed by atoms with van der Waals surface area (Å²) in [7, 11) is 0. The monoisotopic (exact) mass is 337 g/mol. The van der Waals surface area contributed by atoms with Crippen LogP contribution in [0.2, 0.25) is 0 Å². The minimum Gasteiger partial charge on any atom is -0.329 e. The molecule has 1 unspecified atom stereocenters. The van der Waals surface area contributed by atoms with Gasteiger partial charge in [0.2, 0.25) is 0 Å². The van der Waals surface area contributed by atoms with Crippen LogP contribution in [0.25, 0.3) is 0 Å². The van der Waals surface area contributed by atoms with E-state index in [9.17, 15) is 26.3 Å². The molecule has 0 radical (unpaired) electrons. The standard InChI is InChI=1S/C14H13F6N3/c15-13(16,17)11-3-7(1-2-8(11)5-21)10-4-9(6-22)23-12(10)14(18,19)20/h1-3,9-10,12,23H,4,6,22H2/t9-,10?,12-/m1/s1. The molecule has 1 aromatic rings. The highest BCUT2D eigenvalue weighted by molar-refractivity contribution is 5.43. The van der Waals surface area contributed by atoms with Crippen molar-refractivity contribution < 1.29 is 26.3 Å². The average Bonchev–Trinajstić information content (AvgIpc) is 2.90. The van der Waals surface area contributed by atoms with Crippen LogP contribution in [0, 0.1) is 11.3 Å². The van der Waals surface area contributed by atoms with E-state index in [2.05, 4.69) is 5.32 Å². The van der Waals surface area contributed by atoms with Crippen molar-refractivity contribution in [3.8, 4) is 6.07 Å². The Hall–Kier alpha value is -1.79. The molecule has 0 saturated carbocycles. The average molecular weight is 337 g/mol. The maximum Gasteiger partial charge on any atom is 0.417 e. The van der Waals surface area contributed by atoms with E-state index < -0.39 is 41.5 Å². The highest BCUT2D eigenvalue weighted by atomic mass is 19.4. The summed E-state index contributed by atoms with van der Waals surface area (Å²) in [4.78, 5) is 0. The third kappa shape index (κ3) is 3.59. The van der Waals surface area contributed by atoms with E-state index >= 15 is 0 Å². The van der Waals surface area contributed by atoms with Crippen molar-refractivity contribution in [1.82, 2.24) is 5.32 Å². The van der Waals surface area contributed by atoms with Crippen molar-refractivity contribution in [2.45, 2.75) is 36.8 Å². The molecule has 0 aliphatic carbocycles. The van der Waals surface area contributed by atoms with Crippen molar-refractivity contribution in [2.75, 3.05) is 6.54 Å². The van der Waals surface area contributed by atoms with Crippen LogP contribution in [-0.2, 0) is 6.18 Å². The Labute approximate surface area is 128 Å². The molecular formula is C14H13F6N3. The molecule has 1 aromatic carbocycles. The number of hydrogen-bond acceptors (Lipinski definition) is 3. The molecule has 3 N–H and O–H groups in total. The van der Waals surface area contributed by atoms with Crippen molar-refractivity contribution in [1.29, 1.82) is 5.26 Å². The summed E-state index contributed by atoms with van der Waals surface area (Å²) >= 11 is 0. The lowest BCUT2D eigenvalue weighted by molar-refractivity contribution is -0.155. The Balaban J connectivity index is 2.46. The number of hydrogen-bond donors (Lipinski definition) is 2. The molecule has 9 heteroatoms. The van der Waals surface area contributed by atoms with E-state index in [1.165, 1.54) is 6.07 Å². The summed E-state index contributed by atoms with van der Waals surface area (Å²) in [6.07, 6.45) is -9.45. The van der Waals surface area contributed by atoms with Crippen LogP contribution >= 0.6 is 0 Å². The van der Waals surface area contributed by atoms with E-state index in [1.54, 1.807) is 0 Å². The minimum absolute atomic E-state index is 0.0239. The number of nitrogens with two attached hydrogens (primary N) is 1. The Morgan fingerprint density at radius 1 is 1.22 bits per heavy atom. The number of benzene rings is 1. The van der Waals surface area contributed by atoms with Crippen LogP contribution in [0.4, 0.5) is 26.3 Å². The fraction of sp³-hybridized carbons (Fsp3) is 0.500. The molecule has 0 aromatic heterocycles. The van der Waals surface area contributed by atoms with E-state index in [0.717, 1.165) is 12.1 Å². The molecular weight excluding hydrogens is 324 g/mol. The first-order valence-corrected chi connectivity index (χ1v) is 6.72. The lowest BCUT2D eigenvalue weighted by Crippen LogP contribution is -2.44. The van der Waals surface area contributed by atoms with Gasteiger partial charge in [0.05, 0.1) is 17.2 Å². The van der Waals surface area contributed by atoms with E-state index in [0.29, 0.717) is 6.07 Å². The fourth-order valence-electron chi connectivity index (χ4n) is 2.82. The van der Waals surface area contributed by atoms with Gasteiger partial charge in [0.1, 0.15) is 6.04 Å². The van der Waals surface area contributed by atoms with Crippen LogP contribution in [0.5, 0.6) is 0 Å². The van der Waals surface area contributed by atoms with Gasteiger partial charge in [-0.1, -0.05) is 6.07 Å². The summed E-state index contributed by atoms with van der Waals surface area (Å²) in [5, 5.41) is 11.1. The predicted octanol–water partition coefficient (Wildman–Crippen LogP) is 2.91. The summed E-state index contributed by atoms with van der Waals surface area (Å²) in [5.74, 6) is -1.18. The second-order valence-electron chi connectivity index (χ2n) is 5.38. The Morgan fingerprint density at radius 3 is 2.35 bits per heavy atom. The van der Waals surface area contributed by atoms with Crippen LogP contribution < -0.4 is 11.1 Å². The Bertz CT molecular complexity index is 616. The lowest BCUT2D eigenvalue weighted by Gasteiger charge is -2.23. The molecule has 0 spiro atoms. The molecule has 3 nitrogen and oxygen atoms in total. The summed E-state index contributed by atoms with van der Waals surface area (Å²) in [5.41, 5.74) is 3.42. The maximum absolute atomic E-state index is 13.1. The van der Waals surface area contributed by atoms with Gasteiger partial charge in [0.25, 0.3) is 0 Å². The molecule has 0 amide bonds. The molecule has 2 rings (SSSR count). The first kappa shape index (κ1) is 17.6. The zero-order valence-corrected chi connectivity index (χ0v) is 11.7. The number of nitrogens with zero attached hydrogens (tertiary/aromatic N) is 1. The van der Waals surface area contributed by atoms with Crippen LogP contribution in [0.1, 0.15) is 29.0 Å². The highest BCUT2D eigenvalue weighted by Gasteiger charge is 2.50. The SMILES string of the molecule is N#Cc1ccc(C2C[C@H](CN)N[C@H]2C(F)(F)F)cc1C(F)(F)F. The van der Waals surface area contributed by atoms with Crippen LogP contribution in [0.15, 0.2) is 18.2 Å². The van der Waals surface area contributed by atoms with Gasteiger partial charge < -0.3 is 11.1 Å². The second kappa shape index (κ2) is 6.02. The Kier molecular flexibility index (Phi) is 4.59. The first-order chi connectivity index (χ1) is 10.6. The molecule has 1 saturated heterocycles. The van der Waals surface area contributed by atoms with Crippen molar-refractivity contribution in [3.63, 3.8) is 0 Å². The van der Waals surface area contributed by atoms with Gasteiger partial charge in [-0.2, -0.15) is 31.6 Å². The highest BCUT2D eigenvalue weighted by Crippen LogP contribution is 2.41. The van der Waals surface area contributed by atoms with Gasteiger partial charge in [-0.15, -0.1) is 0 Å². The lowest BCUT2D eigenvalue weighted by atomic mass is 9.88. The smallest absolute Gasteiger partial charge is 0.329 e. The van der Waals surface area contributed by atoms with E-state index in [1.807, 2.05) is 0 Å². The van der Waals surface area contributed by atoms with Gasteiger partial charge in [0, 0.05) is 18.5 Å². The van der Waals surface area contributed by atoms with Crippen molar-refractivity contribution in [2.24, 2.45) is 5.73 Å². The topological polar surface area (TPSA) is 61.8 Å². The Morgan fingerprint density at radius 2 is 1.87 bits per heavy atom. The van der Waals surface area contributed by atoms with E-state index in [-0.39, 0.29) is 18.5 Å². The maximum atomic E-state index is 13.1. The molecule has 1 aliphatic heterocycles. The largest absolute Gasteiger partial charge is 0.417 e. The van der Waals surface area contributed by atoms with Gasteiger partial charge in [-0.3, -0.25) is 0 Å². The van der Waals surface area contributed by atoms with Crippen LogP contribution in [0.3, 0.4) is 0 Å². The number of nitriles is 1. The minimum atomic E-state index is -4.81. The zero-order chi connectivity index (χ0) is 17.4. The summed E-state index contributed by atoms with van der Waals surface area (Å²) in [6, 6.07) is 1.48. The number of halogens is 6. The quantitative estimate of drug-likeness (QED) is 0.816. The first-order valence-electron chi connectivity index (χ1n) is 6.72. The number of nitrogens with one attached hydrogen (secondary N) is 1. The molecule has 23 heavy (non-hydrogen) atoms. The molecule has 3 atom stereocenters. The molecule has 1 heterocycles. The van der Waals surface area contributed by atoms with Gasteiger partial charge in [0.15, 0.2) is 0 Å². The van der Waals surface area contributed by atoms with Crippen molar-refractivity contribution in [3.05, 3.63) is 34.9 Å². The molecule has 1 fully saturated rings. The zero-order valence-electron chi connectivity index (χ0n) is 11.7. The number of alkyl halides is 6. The van der Waals surface area contributed by atoms with E-state index in [4.69, 9.17) is 11.0 Å². The fourth-order valence-corrected chi connectivity index (χ4v) is 2.82.